The van der Waals surface area contributed by atoms with Gasteiger partial charge in [0.2, 0.25) is 5.95 Å². The highest BCUT2D eigenvalue weighted by Crippen LogP contribution is 2.30. The molecule has 5 nitrogen and oxygen atoms in total. The topological polar surface area (TPSA) is 59.1 Å². The van der Waals surface area contributed by atoms with Crippen LogP contribution in [0.5, 0.6) is 0 Å². The molecule has 0 amide bonds. The summed E-state index contributed by atoms with van der Waals surface area (Å²) in [5, 5.41) is 7.45. The van der Waals surface area contributed by atoms with Crippen LogP contribution >= 0.6 is 11.3 Å². The fraction of sp³-hybridized carbons (Fsp3) is 0.571. The molecule has 2 heterocycles. The molecule has 2 rings (SSSR count). The molecule has 0 radical (unpaired) electrons. The van der Waals surface area contributed by atoms with E-state index in [1.165, 1.54) is 4.88 Å². The molecule has 110 valence electrons. The third kappa shape index (κ3) is 3.58. The van der Waals surface area contributed by atoms with Crippen LogP contribution in [0.4, 0.5) is 11.8 Å². The lowest BCUT2D eigenvalue weighted by Crippen LogP contribution is -2.14. The van der Waals surface area contributed by atoms with E-state index in [-0.39, 0.29) is 6.10 Å². The highest BCUT2D eigenvalue weighted by molar-refractivity contribution is 7.18. The molecule has 6 heteroatoms. The first-order valence-electron chi connectivity index (χ1n) is 6.97. The van der Waals surface area contributed by atoms with Crippen molar-refractivity contribution in [3.05, 3.63) is 10.9 Å². The lowest BCUT2D eigenvalue weighted by Gasteiger charge is -2.10. The van der Waals surface area contributed by atoms with Crippen molar-refractivity contribution in [3.63, 3.8) is 0 Å². The Morgan fingerprint density at radius 1 is 1.35 bits per heavy atom. The summed E-state index contributed by atoms with van der Waals surface area (Å²) in [6.45, 7) is 7.64. The Labute approximate surface area is 123 Å². The number of fused-ring (bicyclic) bond motifs is 1. The second-order valence-corrected chi connectivity index (χ2v) is 5.89. The zero-order valence-electron chi connectivity index (χ0n) is 12.5. The summed E-state index contributed by atoms with van der Waals surface area (Å²) in [6, 6.07) is 2.17. The van der Waals surface area contributed by atoms with E-state index < -0.39 is 0 Å². The van der Waals surface area contributed by atoms with Gasteiger partial charge in [0.15, 0.2) is 0 Å². The molecule has 0 fully saturated rings. The lowest BCUT2D eigenvalue weighted by atomic mass is 10.3. The lowest BCUT2D eigenvalue weighted by molar-refractivity contribution is 0.0870. The number of nitrogens with one attached hydrogen (secondary N) is 2. The van der Waals surface area contributed by atoms with Gasteiger partial charge < -0.3 is 15.4 Å². The third-order valence-corrected chi connectivity index (χ3v) is 4.03. The van der Waals surface area contributed by atoms with E-state index in [1.54, 1.807) is 11.3 Å². The predicted molar refractivity (Wildman–Crippen MR) is 85.9 cm³/mol. The van der Waals surface area contributed by atoms with Crippen molar-refractivity contribution in [1.82, 2.24) is 9.97 Å². The molecule has 0 saturated heterocycles. The average molecular weight is 294 g/mol. The number of ether oxygens (including phenoxy) is 1. The van der Waals surface area contributed by atoms with Gasteiger partial charge in [-0.3, -0.25) is 0 Å². The Balaban J connectivity index is 2.18. The van der Waals surface area contributed by atoms with Crippen molar-refractivity contribution in [2.45, 2.75) is 33.3 Å². The first-order valence-corrected chi connectivity index (χ1v) is 7.79. The molecule has 0 aliphatic carbocycles. The summed E-state index contributed by atoms with van der Waals surface area (Å²) in [6.07, 6.45) is 1.27. The summed E-state index contributed by atoms with van der Waals surface area (Å²) < 4.78 is 5.54. The Hall–Kier alpha value is -1.40. The SMILES string of the molecule is CCc1cc2c(NCCOC(C)C)nc(NC)nc2s1. The fourth-order valence-electron chi connectivity index (χ4n) is 1.86. The van der Waals surface area contributed by atoms with Gasteiger partial charge in [0.05, 0.1) is 18.1 Å². The van der Waals surface area contributed by atoms with Gasteiger partial charge in [0.1, 0.15) is 10.6 Å². The minimum atomic E-state index is 0.253. The van der Waals surface area contributed by atoms with Gasteiger partial charge in [-0.05, 0) is 26.3 Å². The maximum absolute atomic E-state index is 5.54. The van der Waals surface area contributed by atoms with Crippen LogP contribution in [0.1, 0.15) is 25.6 Å². The average Bonchev–Trinajstić information content (AvgIpc) is 2.86. The first kappa shape index (κ1) is 15.0. The van der Waals surface area contributed by atoms with Crippen molar-refractivity contribution in [2.75, 3.05) is 30.8 Å². The summed E-state index contributed by atoms with van der Waals surface area (Å²) in [7, 11) is 1.83. The Morgan fingerprint density at radius 3 is 2.80 bits per heavy atom. The van der Waals surface area contributed by atoms with Crippen LogP contribution < -0.4 is 10.6 Å². The fourth-order valence-corrected chi connectivity index (χ4v) is 2.82. The smallest absolute Gasteiger partial charge is 0.225 e. The van der Waals surface area contributed by atoms with E-state index in [4.69, 9.17) is 4.74 Å². The maximum atomic E-state index is 5.54. The Morgan fingerprint density at radius 2 is 2.15 bits per heavy atom. The Bertz CT molecular complexity index is 568. The number of hydrogen-bond donors (Lipinski definition) is 2. The van der Waals surface area contributed by atoms with Crippen LogP contribution in [-0.4, -0.2) is 36.3 Å². The molecular weight excluding hydrogens is 272 g/mol. The molecule has 0 aliphatic heterocycles. The monoisotopic (exact) mass is 294 g/mol. The minimum absolute atomic E-state index is 0.253. The maximum Gasteiger partial charge on any atom is 0.225 e. The van der Waals surface area contributed by atoms with Gasteiger partial charge in [-0.1, -0.05) is 6.92 Å². The number of hydrogen-bond acceptors (Lipinski definition) is 6. The molecule has 0 unspecified atom stereocenters. The molecule has 2 aromatic heterocycles. The van der Waals surface area contributed by atoms with E-state index in [0.29, 0.717) is 12.6 Å². The molecule has 0 aliphatic rings. The zero-order valence-corrected chi connectivity index (χ0v) is 13.3. The second-order valence-electron chi connectivity index (χ2n) is 4.78. The Kier molecular flexibility index (Phi) is 5.14. The molecule has 0 spiro atoms. The van der Waals surface area contributed by atoms with E-state index >= 15 is 0 Å². The van der Waals surface area contributed by atoms with E-state index in [2.05, 4.69) is 33.6 Å². The molecule has 2 aromatic rings. The van der Waals surface area contributed by atoms with E-state index in [9.17, 15) is 0 Å². The van der Waals surface area contributed by atoms with E-state index in [0.717, 1.165) is 29.0 Å². The summed E-state index contributed by atoms with van der Waals surface area (Å²) >= 11 is 1.72. The van der Waals surface area contributed by atoms with Crippen LogP contribution in [0.2, 0.25) is 0 Å². The number of thiophene rings is 1. The molecule has 0 aromatic carbocycles. The van der Waals surface area contributed by atoms with Crippen LogP contribution in [0.15, 0.2) is 6.07 Å². The quantitative estimate of drug-likeness (QED) is 0.768. The molecule has 0 saturated carbocycles. The summed E-state index contributed by atoms with van der Waals surface area (Å²) in [5.74, 6) is 1.52. The van der Waals surface area contributed by atoms with Gasteiger partial charge in [0, 0.05) is 18.5 Å². The third-order valence-electron chi connectivity index (χ3n) is 2.86. The summed E-state index contributed by atoms with van der Waals surface area (Å²) in [5.41, 5.74) is 0. The number of anilines is 2. The highest BCUT2D eigenvalue weighted by Gasteiger charge is 2.10. The van der Waals surface area contributed by atoms with Crippen molar-refractivity contribution >= 4 is 33.3 Å². The highest BCUT2D eigenvalue weighted by atomic mass is 32.1. The van der Waals surface area contributed by atoms with Gasteiger partial charge in [-0.15, -0.1) is 11.3 Å². The zero-order chi connectivity index (χ0) is 14.5. The molecule has 0 bridgehead atoms. The first-order chi connectivity index (χ1) is 9.63. The van der Waals surface area contributed by atoms with Crippen molar-refractivity contribution in [3.8, 4) is 0 Å². The summed E-state index contributed by atoms with van der Waals surface area (Å²) in [4.78, 5) is 11.4. The number of nitrogens with zero attached hydrogens (tertiary/aromatic N) is 2. The minimum Gasteiger partial charge on any atom is -0.377 e. The standard InChI is InChI=1S/C14H22N4OS/c1-5-10-8-11-12(16-6-7-19-9(2)3)17-14(15-4)18-13(11)20-10/h8-9H,5-7H2,1-4H3,(H2,15,16,17,18). The van der Waals surface area contributed by atoms with Gasteiger partial charge in [-0.25, -0.2) is 4.98 Å². The van der Waals surface area contributed by atoms with Gasteiger partial charge in [0.25, 0.3) is 0 Å². The van der Waals surface area contributed by atoms with Gasteiger partial charge in [-0.2, -0.15) is 4.98 Å². The van der Waals surface area contributed by atoms with Crippen LogP contribution in [0, 0.1) is 0 Å². The molecule has 2 N–H and O–H groups in total. The van der Waals surface area contributed by atoms with Crippen LogP contribution in [0.3, 0.4) is 0 Å². The molecule has 0 atom stereocenters. The van der Waals surface area contributed by atoms with Crippen molar-refractivity contribution < 1.29 is 4.74 Å². The normalized spacial score (nSPS) is 11.2. The molecular formula is C14H22N4OS. The van der Waals surface area contributed by atoms with Crippen LogP contribution in [0.25, 0.3) is 10.2 Å². The molecule has 20 heavy (non-hydrogen) atoms. The van der Waals surface area contributed by atoms with E-state index in [1.807, 2.05) is 20.9 Å². The van der Waals surface area contributed by atoms with Crippen molar-refractivity contribution in [1.29, 1.82) is 0 Å². The number of aromatic nitrogens is 2. The van der Waals surface area contributed by atoms with Crippen LogP contribution in [-0.2, 0) is 11.2 Å². The number of aryl methyl sites for hydroxylation is 1. The number of rotatable bonds is 7. The van der Waals surface area contributed by atoms with Crippen molar-refractivity contribution in [2.24, 2.45) is 0 Å². The second kappa shape index (κ2) is 6.85. The predicted octanol–water partition coefficient (Wildman–Crippen LogP) is 3.13. The largest absolute Gasteiger partial charge is 0.377 e. The van der Waals surface area contributed by atoms with Gasteiger partial charge >= 0.3 is 0 Å².